The third kappa shape index (κ3) is 2.58. The number of phenols is 1. The summed E-state index contributed by atoms with van der Waals surface area (Å²) in [5, 5.41) is 12.4. The topological polar surface area (TPSA) is 75.4 Å². The summed E-state index contributed by atoms with van der Waals surface area (Å²) in [6.45, 7) is 1.81. The Bertz CT molecular complexity index is 431. The molecule has 0 radical (unpaired) electrons. The van der Waals surface area contributed by atoms with Gasteiger partial charge in [-0.1, -0.05) is 12.5 Å². The van der Waals surface area contributed by atoms with E-state index < -0.39 is 0 Å². The Morgan fingerprint density at radius 2 is 2.24 bits per heavy atom. The number of amides is 1. The summed E-state index contributed by atoms with van der Waals surface area (Å²) in [4.78, 5) is 11.9. The van der Waals surface area contributed by atoms with Crippen molar-refractivity contribution < 1.29 is 9.90 Å². The van der Waals surface area contributed by atoms with Crippen LogP contribution in [0.1, 0.15) is 24.8 Å². The van der Waals surface area contributed by atoms with Gasteiger partial charge in [-0.25, -0.2) is 0 Å². The van der Waals surface area contributed by atoms with Crippen LogP contribution in [0.3, 0.4) is 0 Å². The van der Waals surface area contributed by atoms with Gasteiger partial charge in [-0.3, -0.25) is 4.79 Å². The Labute approximate surface area is 101 Å². The third-order valence-corrected chi connectivity index (χ3v) is 3.38. The van der Waals surface area contributed by atoms with Crippen LogP contribution in [0.15, 0.2) is 18.2 Å². The number of aryl methyl sites for hydroxylation is 1. The molecule has 4 nitrogen and oxygen atoms in total. The van der Waals surface area contributed by atoms with Crippen LogP contribution in [0.5, 0.6) is 5.75 Å². The van der Waals surface area contributed by atoms with E-state index in [2.05, 4.69) is 5.32 Å². The second-order valence-corrected chi connectivity index (χ2v) is 4.69. The van der Waals surface area contributed by atoms with E-state index in [4.69, 9.17) is 5.73 Å². The molecule has 1 fully saturated rings. The molecule has 17 heavy (non-hydrogen) atoms. The predicted octanol–water partition coefficient (Wildman–Crippen LogP) is 1.77. The molecule has 1 aliphatic carbocycles. The number of carbonyl (C=O) groups is 1. The zero-order valence-corrected chi connectivity index (χ0v) is 9.94. The first kappa shape index (κ1) is 11.9. The van der Waals surface area contributed by atoms with Crippen LogP contribution in [0.2, 0.25) is 0 Å². The SMILES string of the molecule is Cc1ccc(NC(=O)C2CCCC2N)cc1O. The van der Waals surface area contributed by atoms with Crippen LogP contribution < -0.4 is 11.1 Å². The van der Waals surface area contributed by atoms with Gasteiger partial charge in [0.05, 0.1) is 5.92 Å². The molecule has 1 aromatic carbocycles. The van der Waals surface area contributed by atoms with Crippen molar-refractivity contribution in [1.29, 1.82) is 0 Å². The van der Waals surface area contributed by atoms with Crippen molar-refractivity contribution in [2.24, 2.45) is 11.7 Å². The fraction of sp³-hybridized carbons (Fsp3) is 0.462. The zero-order chi connectivity index (χ0) is 12.4. The van der Waals surface area contributed by atoms with Crippen molar-refractivity contribution in [2.75, 3.05) is 5.32 Å². The van der Waals surface area contributed by atoms with Gasteiger partial charge in [0.1, 0.15) is 5.75 Å². The largest absolute Gasteiger partial charge is 0.508 e. The fourth-order valence-corrected chi connectivity index (χ4v) is 2.24. The first-order valence-electron chi connectivity index (χ1n) is 5.94. The van der Waals surface area contributed by atoms with Gasteiger partial charge in [0.25, 0.3) is 0 Å². The Balaban J connectivity index is 2.05. The maximum absolute atomic E-state index is 11.9. The van der Waals surface area contributed by atoms with Gasteiger partial charge >= 0.3 is 0 Å². The van der Waals surface area contributed by atoms with Gasteiger partial charge in [0, 0.05) is 17.8 Å². The number of nitrogens with two attached hydrogens (primary N) is 1. The van der Waals surface area contributed by atoms with Crippen LogP contribution in [0, 0.1) is 12.8 Å². The Morgan fingerprint density at radius 1 is 1.47 bits per heavy atom. The number of hydrogen-bond donors (Lipinski definition) is 3. The van der Waals surface area contributed by atoms with E-state index in [1.54, 1.807) is 18.2 Å². The lowest BCUT2D eigenvalue weighted by Crippen LogP contribution is -2.34. The molecule has 2 unspecified atom stereocenters. The van der Waals surface area contributed by atoms with Crippen LogP contribution in [-0.4, -0.2) is 17.1 Å². The summed E-state index contributed by atoms with van der Waals surface area (Å²) < 4.78 is 0. The zero-order valence-electron chi connectivity index (χ0n) is 9.94. The van der Waals surface area contributed by atoms with Crippen molar-refractivity contribution in [3.05, 3.63) is 23.8 Å². The van der Waals surface area contributed by atoms with Crippen molar-refractivity contribution in [2.45, 2.75) is 32.2 Å². The number of phenolic OH excluding ortho intramolecular Hbond substituents is 1. The third-order valence-electron chi connectivity index (χ3n) is 3.38. The van der Waals surface area contributed by atoms with Crippen molar-refractivity contribution in [3.63, 3.8) is 0 Å². The normalized spacial score (nSPS) is 23.6. The highest BCUT2D eigenvalue weighted by Gasteiger charge is 2.30. The van der Waals surface area contributed by atoms with E-state index in [0.29, 0.717) is 5.69 Å². The molecule has 4 N–H and O–H groups in total. The van der Waals surface area contributed by atoms with E-state index in [0.717, 1.165) is 24.8 Å². The summed E-state index contributed by atoms with van der Waals surface area (Å²) in [6, 6.07) is 5.09. The second kappa shape index (κ2) is 4.75. The summed E-state index contributed by atoms with van der Waals surface area (Å²) in [5.74, 6) is 0.0511. The van der Waals surface area contributed by atoms with Crippen molar-refractivity contribution in [1.82, 2.24) is 0 Å². The first-order chi connectivity index (χ1) is 8.08. The average Bonchev–Trinajstić information content (AvgIpc) is 2.70. The molecule has 1 aliphatic rings. The molecule has 1 saturated carbocycles. The molecular formula is C13H18N2O2. The molecule has 0 aromatic heterocycles. The molecule has 0 bridgehead atoms. The van der Waals surface area contributed by atoms with Gasteiger partial charge in [0.15, 0.2) is 0 Å². The molecule has 0 saturated heterocycles. The van der Waals surface area contributed by atoms with Gasteiger partial charge in [-0.05, 0) is 31.4 Å². The minimum Gasteiger partial charge on any atom is -0.508 e. The number of aromatic hydroxyl groups is 1. The summed E-state index contributed by atoms with van der Waals surface area (Å²) in [6.07, 6.45) is 2.78. The fourth-order valence-electron chi connectivity index (χ4n) is 2.24. The van der Waals surface area contributed by atoms with Crippen LogP contribution in [-0.2, 0) is 4.79 Å². The van der Waals surface area contributed by atoms with Gasteiger partial charge in [0.2, 0.25) is 5.91 Å². The lowest BCUT2D eigenvalue weighted by Gasteiger charge is -2.15. The molecule has 0 heterocycles. The smallest absolute Gasteiger partial charge is 0.229 e. The monoisotopic (exact) mass is 234 g/mol. The standard InChI is InChI=1S/C13H18N2O2/c1-8-5-6-9(7-12(8)16)15-13(17)10-3-2-4-11(10)14/h5-7,10-11,16H,2-4,14H2,1H3,(H,15,17). The lowest BCUT2D eigenvalue weighted by atomic mass is 10.0. The molecular weight excluding hydrogens is 216 g/mol. The molecule has 1 aromatic rings. The number of nitrogens with one attached hydrogen (secondary N) is 1. The number of carbonyl (C=O) groups excluding carboxylic acids is 1. The highest BCUT2D eigenvalue weighted by Crippen LogP contribution is 2.26. The number of anilines is 1. The highest BCUT2D eigenvalue weighted by molar-refractivity contribution is 5.93. The summed E-state index contributed by atoms with van der Waals surface area (Å²) in [5.41, 5.74) is 7.29. The first-order valence-corrected chi connectivity index (χ1v) is 5.94. The van der Waals surface area contributed by atoms with E-state index in [1.165, 1.54) is 0 Å². The second-order valence-electron chi connectivity index (χ2n) is 4.69. The van der Waals surface area contributed by atoms with E-state index in [9.17, 15) is 9.90 Å². The highest BCUT2D eigenvalue weighted by atomic mass is 16.3. The molecule has 4 heteroatoms. The number of benzene rings is 1. The predicted molar refractivity (Wildman–Crippen MR) is 66.8 cm³/mol. The molecule has 0 spiro atoms. The summed E-state index contributed by atoms with van der Waals surface area (Å²) >= 11 is 0. The molecule has 92 valence electrons. The van der Waals surface area contributed by atoms with Gasteiger partial charge in [-0.15, -0.1) is 0 Å². The number of rotatable bonds is 2. The minimum atomic E-state index is -0.0987. The molecule has 2 rings (SSSR count). The Kier molecular flexibility index (Phi) is 3.33. The molecule has 2 atom stereocenters. The maximum Gasteiger partial charge on any atom is 0.229 e. The Hall–Kier alpha value is -1.55. The van der Waals surface area contributed by atoms with E-state index >= 15 is 0 Å². The van der Waals surface area contributed by atoms with E-state index in [-0.39, 0.29) is 23.6 Å². The summed E-state index contributed by atoms with van der Waals surface area (Å²) in [7, 11) is 0. The van der Waals surface area contributed by atoms with Crippen molar-refractivity contribution in [3.8, 4) is 5.75 Å². The van der Waals surface area contributed by atoms with E-state index in [1.807, 2.05) is 6.92 Å². The number of hydrogen-bond acceptors (Lipinski definition) is 3. The Morgan fingerprint density at radius 3 is 2.82 bits per heavy atom. The van der Waals surface area contributed by atoms with Crippen LogP contribution in [0.4, 0.5) is 5.69 Å². The molecule has 0 aliphatic heterocycles. The molecule has 1 amide bonds. The van der Waals surface area contributed by atoms with Crippen molar-refractivity contribution >= 4 is 11.6 Å². The lowest BCUT2D eigenvalue weighted by molar-refractivity contribution is -0.120. The van der Waals surface area contributed by atoms with Gasteiger partial charge < -0.3 is 16.2 Å². The van der Waals surface area contributed by atoms with Crippen LogP contribution >= 0.6 is 0 Å². The quantitative estimate of drug-likeness (QED) is 0.730. The van der Waals surface area contributed by atoms with Crippen LogP contribution in [0.25, 0.3) is 0 Å². The minimum absolute atomic E-state index is 0.0333. The average molecular weight is 234 g/mol. The maximum atomic E-state index is 11.9. The van der Waals surface area contributed by atoms with Gasteiger partial charge in [-0.2, -0.15) is 0 Å².